The van der Waals surface area contributed by atoms with Gasteiger partial charge in [0.1, 0.15) is 28.8 Å². The van der Waals surface area contributed by atoms with Crippen molar-refractivity contribution in [2.24, 2.45) is 0 Å². The van der Waals surface area contributed by atoms with Crippen LogP contribution in [-0.2, 0) is 4.74 Å². The molecule has 0 bridgehead atoms. The van der Waals surface area contributed by atoms with Crippen LogP contribution >= 0.6 is 0 Å². The summed E-state index contributed by atoms with van der Waals surface area (Å²) >= 11 is 0. The Labute approximate surface area is 399 Å². The van der Waals surface area contributed by atoms with Gasteiger partial charge in [-0.15, -0.1) is 0 Å². The van der Waals surface area contributed by atoms with Gasteiger partial charge < -0.3 is 23.7 Å². The molecule has 0 spiro atoms. The molecule has 13 rings (SSSR count). The van der Waals surface area contributed by atoms with E-state index in [1.807, 2.05) is 0 Å². The topological polar surface area (TPSA) is 57.5 Å². The molecule has 1 saturated carbocycles. The Morgan fingerprint density at radius 1 is 0.333 bits per heavy atom. The molecule has 0 heterocycles. The lowest BCUT2D eigenvalue weighted by atomic mass is 9.90. The van der Waals surface area contributed by atoms with Gasteiger partial charge in [-0.25, -0.2) is 0 Å². The maximum absolute atomic E-state index is 6.66. The Kier molecular flexibility index (Phi) is 9.25. The van der Waals surface area contributed by atoms with Gasteiger partial charge in [0.15, 0.2) is 0 Å². The van der Waals surface area contributed by atoms with Crippen LogP contribution in [0.1, 0.15) is 44.1 Å². The fraction of sp³-hybridized carbons (Fsp3) is 0.127. The second kappa shape index (κ2) is 15.6. The first-order valence-corrected chi connectivity index (χ1v) is 23.4. The Morgan fingerprint density at radius 2 is 0.696 bits per heavy atom. The molecule has 0 aromatic heterocycles. The van der Waals surface area contributed by atoms with Gasteiger partial charge in [-0.05, 0) is 61.4 Å². The van der Waals surface area contributed by atoms with E-state index in [0.29, 0.717) is 0 Å². The van der Waals surface area contributed by atoms with Crippen LogP contribution in [0.2, 0.25) is 0 Å². The number of benzene rings is 5. The highest BCUT2D eigenvalue weighted by molar-refractivity contribution is 6.25. The fourth-order valence-corrected chi connectivity index (χ4v) is 12.5. The van der Waals surface area contributed by atoms with Crippen LogP contribution < -0.4 is 29.4 Å². The van der Waals surface area contributed by atoms with Gasteiger partial charge in [0.2, 0.25) is 0 Å². The second-order valence-electron chi connectivity index (χ2n) is 17.9. The quantitative estimate of drug-likeness (QED) is 0.149. The monoisotopic (exact) mass is 899 g/mol. The number of ether oxygens (including phenoxy) is 5. The zero-order valence-corrected chi connectivity index (χ0v) is 39.2. The van der Waals surface area contributed by atoms with Crippen molar-refractivity contribution in [3.8, 4) is 56.4 Å². The highest BCUT2D eigenvalue weighted by Gasteiger charge is 2.54. The summed E-state index contributed by atoms with van der Waals surface area (Å²) in [6.07, 6.45) is 0. The summed E-state index contributed by atoms with van der Waals surface area (Å²) in [7, 11) is 10.7. The molecule has 8 aliphatic rings. The van der Waals surface area contributed by atoms with Crippen LogP contribution in [0.4, 0.5) is 0 Å². The molecule has 2 unspecified atom stereocenters. The number of ketones is 1. The third kappa shape index (κ3) is 5.45. The molecule has 0 radical (unpaired) electrons. The Morgan fingerprint density at radius 3 is 1.13 bits per heavy atom. The zero-order chi connectivity index (χ0) is 46.7. The molecule has 0 saturated heterocycles. The van der Waals surface area contributed by atoms with Crippen molar-refractivity contribution in [2.45, 2.75) is 11.8 Å². The first-order chi connectivity index (χ1) is 34.1. The molecule has 2 atom stereocenters. The van der Waals surface area contributed by atoms with Gasteiger partial charge in [-0.1, -0.05) is 158 Å². The van der Waals surface area contributed by atoms with Gasteiger partial charge in [-0.3, -0.25) is 4.42 Å². The summed E-state index contributed by atoms with van der Waals surface area (Å²) in [6, 6.07) is 57.9. The number of fused-ring (bicyclic) bond motifs is 12. The molecule has 69 heavy (non-hydrogen) atoms. The lowest BCUT2D eigenvalue weighted by Crippen LogP contribution is -2.34. The van der Waals surface area contributed by atoms with Crippen molar-refractivity contribution in [1.29, 1.82) is 0 Å². The van der Waals surface area contributed by atoms with Crippen molar-refractivity contribution < 1.29 is 28.1 Å². The van der Waals surface area contributed by atoms with Gasteiger partial charge in [0, 0.05) is 65.7 Å². The van der Waals surface area contributed by atoms with Gasteiger partial charge in [0.05, 0.1) is 46.7 Å². The van der Waals surface area contributed by atoms with Crippen molar-refractivity contribution in [2.75, 3.05) is 42.7 Å². The highest BCUT2D eigenvalue weighted by Crippen LogP contribution is 2.71. The predicted octanol–water partition coefficient (Wildman–Crippen LogP) is 12.9. The predicted molar refractivity (Wildman–Crippen MR) is 279 cm³/mol. The van der Waals surface area contributed by atoms with E-state index < -0.39 is 0 Å². The third-order valence-corrected chi connectivity index (χ3v) is 15.0. The average molecular weight is 900 g/mol. The number of rotatable bonds is 7. The van der Waals surface area contributed by atoms with E-state index in [1.165, 1.54) is 16.7 Å². The smallest absolute Gasteiger partial charge is 0.359 e. The molecular formula is C63H47O6+. The summed E-state index contributed by atoms with van der Waals surface area (Å²) in [4.78, 5) is 0. The van der Waals surface area contributed by atoms with Crippen LogP contribution in [0.5, 0.6) is 23.0 Å². The Balaban J connectivity index is 1.31. The van der Waals surface area contributed by atoms with Crippen LogP contribution in [-0.4, -0.2) is 48.4 Å². The SMILES string of the molecule is COC1=c2c(c3cccccc-3c2=C2C(c3c4cccccc-4c4c(OC)c5ccccc5c(OC)c34)C2c2c3cccccc-3c3c(OC)c4ccccc4c(OC)c23)C(=[O+]C)c2ccccc21. The zero-order valence-electron chi connectivity index (χ0n) is 39.2. The van der Waals surface area contributed by atoms with E-state index in [-0.39, 0.29) is 11.8 Å². The molecule has 1 fully saturated rings. The van der Waals surface area contributed by atoms with E-state index in [1.54, 1.807) is 42.7 Å². The number of hydrogen-bond donors (Lipinski definition) is 0. The molecule has 5 aromatic carbocycles. The minimum absolute atomic E-state index is 0.185. The first-order valence-electron chi connectivity index (χ1n) is 23.4. The second-order valence-corrected chi connectivity index (χ2v) is 17.9. The van der Waals surface area contributed by atoms with Crippen LogP contribution in [0.3, 0.4) is 0 Å². The van der Waals surface area contributed by atoms with Gasteiger partial charge in [0.25, 0.3) is 7.11 Å². The van der Waals surface area contributed by atoms with Crippen LogP contribution in [0.15, 0.2) is 164 Å². The third-order valence-electron chi connectivity index (χ3n) is 15.0. The minimum atomic E-state index is -0.185. The van der Waals surface area contributed by atoms with Crippen molar-refractivity contribution >= 4 is 60.2 Å². The molecule has 6 heteroatoms. The highest BCUT2D eigenvalue weighted by atomic mass is 16.5. The largest absolute Gasteiger partial charge is 0.495 e. The molecular weight excluding hydrogens is 853 g/mol. The summed E-state index contributed by atoms with van der Waals surface area (Å²) in [5.41, 5.74) is 13.3. The average Bonchev–Trinajstić information content (AvgIpc) is 4.04. The molecule has 334 valence electrons. The molecule has 6 nitrogen and oxygen atoms in total. The van der Waals surface area contributed by atoms with E-state index in [9.17, 15) is 0 Å². The number of hydrogen-bond acceptors (Lipinski definition) is 5. The lowest BCUT2D eigenvalue weighted by molar-refractivity contribution is -0.222. The maximum Gasteiger partial charge on any atom is 0.359 e. The number of methoxy groups -OCH3 is 5. The normalized spacial score (nSPS) is 15.9. The lowest BCUT2D eigenvalue weighted by Gasteiger charge is -2.15. The van der Waals surface area contributed by atoms with E-state index >= 15 is 0 Å². The number of carbonyl (C=O) groups excluding carboxylic acids is 1. The van der Waals surface area contributed by atoms with Crippen molar-refractivity contribution in [3.05, 3.63) is 202 Å². The van der Waals surface area contributed by atoms with Crippen molar-refractivity contribution in [1.82, 2.24) is 0 Å². The summed E-state index contributed by atoms with van der Waals surface area (Å²) in [5, 5.41) is 10.3. The first kappa shape index (κ1) is 40.9. The minimum Gasteiger partial charge on any atom is -0.495 e. The summed E-state index contributed by atoms with van der Waals surface area (Å²) in [5.74, 6) is 4.56. The maximum atomic E-state index is 6.66. The summed E-state index contributed by atoms with van der Waals surface area (Å²) in [6.45, 7) is 0. The fourth-order valence-electron chi connectivity index (χ4n) is 12.5. The standard InChI is InChI=1S/C63H47O6/c1-64-58-40-28-16-19-31-43(40)61(67-4)55-46(34-22-10-7-13-25-37(34)49(55)58)52-53(47-35-23-11-8-14-26-38(35)50-56(47)62(68-5)44-32-20-17-29-41(44)59(50)65-2)54(52)48-36-24-12-9-15-27-39(36)51-57(48)63(69-6)45-33-21-18-30-42(45)60(51)66-3/h7-33,52-53H,1-6H3/q+1. The molecule has 0 amide bonds. The van der Waals surface area contributed by atoms with Gasteiger partial charge in [-0.2, -0.15) is 0 Å². The molecule has 5 aromatic rings. The Hall–Kier alpha value is -8.35. The molecule has 0 aliphatic heterocycles. The molecule has 8 aliphatic carbocycles. The van der Waals surface area contributed by atoms with E-state index in [0.717, 1.165) is 138 Å². The van der Waals surface area contributed by atoms with Crippen molar-refractivity contribution in [3.63, 3.8) is 0 Å². The van der Waals surface area contributed by atoms with Crippen LogP contribution in [0, 0.1) is 0 Å². The van der Waals surface area contributed by atoms with Gasteiger partial charge >= 0.3 is 5.78 Å². The van der Waals surface area contributed by atoms with E-state index in [4.69, 9.17) is 28.1 Å². The summed E-state index contributed by atoms with van der Waals surface area (Å²) < 4.78 is 39.5. The van der Waals surface area contributed by atoms with Crippen LogP contribution in [0.25, 0.3) is 87.8 Å². The molecule has 0 N–H and O–H groups in total. The Bertz CT molecular complexity index is 3850. The van der Waals surface area contributed by atoms with E-state index in [2.05, 4.69) is 164 Å².